The largest absolute Gasteiger partial charge is 0.460 e. The Kier molecular flexibility index (Phi) is 5.83. The molecular formula is C18H26N2O4. The molecule has 1 aliphatic heterocycles. The van der Waals surface area contributed by atoms with Crippen LogP contribution in [0.5, 0.6) is 0 Å². The lowest BCUT2D eigenvalue weighted by Gasteiger charge is -2.37. The third-order valence-electron chi connectivity index (χ3n) is 3.84. The predicted octanol–water partition coefficient (Wildman–Crippen LogP) is 2.66. The van der Waals surface area contributed by atoms with Crippen LogP contribution in [0.15, 0.2) is 30.3 Å². The number of hydrogen-bond acceptors (Lipinski definition) is 5. The number of nitrogens with zero attached hydrogens (tertiary/aromatic N) is 1. The quantitative estimate of drug-likeness (QED) is 0.859. The lowest BCUT2D eigenvalue weighted by molar-refractivity contribution is -0.163. The second-order valence-corrected chi connectivity index (χ2v) is 7.01. The van der Waals surface area contributed by atoms with Crippen molar-refractivity contribution in [2.75, 3.05) is 6.54 Å². The van der Waals surface area contributed by atoms with E-state index in [2.05, 4.69) is 0 Å². The van der Waals surface area contributed by atoms with Crippen molar-refractivity contribution in [3.05, 3.63) is 35.9 Å². The molecule has 1 aromatic carbocycles. The molecule has 2 atom stereocenters. The van der Waals surface area contributed by atoms with E-state index in [0.29, 0.717) is 19.4 Å². The van der Waals surface area contributed by atoms with E-state index in [1.165, 1.54) is 4.90 Å². The topological polar surface area (TPSA) is 81.9 Å². The van der Waals surface area contributed by atoms with E-state index in [9.17, 15) is 9.59 Å². The second kappa shape index (κ2) is 7.66. The van der Waals surface area contributed by atoms with Gasteiger partial charge in [-0.15, -0.1) is 0 Å². The van der Waals surface area contributed by atoms with Gasteiger partial charge in [0, 0.05) is 6.54 Å². The van der Waals surface area contributed by atoms with Crippen LogP contribution in [0, 0.1) is 5.92 Å². The zero-order valence-electron chi connectivity index (χ0n) is 14.5. The molecule has 6 heteroatoms. The van der Waals surface area contributed by atoms with Crippen LogP contribution in [0.4, 0.5) is 4.79 Å². The van der Waals surface area contributed by atoms with Gasteiger partial charge in [-0.05, 0) is 39.2 Å². The maximum atomic E-state index is 12.3. The molecule has 0 saturated carbocycles. The minimum absolute atomic E-state index is 0.181. The van der Waals surface area contributed by atoms with Crippen molar-refractivity contribution in [3.63, 3.8) is 0 Å². The molecule has 132 valence electrons. The average molecular weight is 334 g/mol. The maximum absolute atomic E-state index is 12.3. The molecule has 1 saturated heterocycles. The Morgan fingerprint density at radius 3 is 2.54 bits per heavy atom. The highest BCUT2D eigenvalue weighted by Gasteiger charge is 2.38. The van der Waals surface area contributed by atoms with E-state index < -0.39 is 23.8 Å². The maximum Gasteiger partial charge on any atom is 0.411 e. The summed E-state index contributed by atoms with van der Waals surface area (Å²) in [4.78, 5) is 26.0. The van der Waals surface area contributed by atoms with Gasteiger partial charge in [-0.2, -0.15) is 0 Å². The molecule has 1 unspecified atom stereocenters. The fraction of sp³-hybridized carbons (Fsp3) is 0.556. The van der Waals surface area contributed by atoms with Crippen molar-refractivity contribution in [1.82, 2.24) is 4.90 Å². The van der Waals surface area contributed by atoms with Crippen LogP contribution in [-0.2, 0) is 20.9 Å². The Balaban J connectivity index is 1.94. The Labute approximate surface area is 142 Å². The van der Waals surface area contributed by atoms with E-state index >= 15 is 0 Å². The predicted molar refractivity (Wildman–Crippen MR) is 89.9 cm³/mol. The van der Waals surface area contributed by atoms with E-state index in [1.54, 1.807) is 0 Å². The van der Waals surface area contributed by atoms with Gasteiger partial charge in [0.05, 0.1) is 12.1 Å². The number of likely N-dealkylation sites (tertiary alicyclic amines) is 1. The zero-order chi connectivity index (χ0) is 17.7. The first-order valence-corrected chi connectivity index (χ1v) is 8.24. The minimum Gasteiger partial charge on any atom is -0.460 e. The lowest BCUT2D eigenvalue weighted by Crippen LogP contribution is -2.56. The number of hydrogen-bond donors (Lipinski definition) is 1. The lowest BCUT2D eigenvalue weighted by atomic mass is 9.94. The summed E-state index contributed by atoms with van der Waals surface area (Å²) >= 11 is 0. The van der Waals surface area contributed by atoms with Crippen LogP contribution in [-0.4, -0.2) is 35.3 Å². The molecule has 6 nitrogen and oxygen atoms in total. The summed E-state index contributed by atoms with van der Waals surface area (Å²) in [6.45, 7) is 6.09. The third-order valence-corrected chi connectivity index (χ3v) is 3.84. The van der Waals surface area contributed by atoms with Crippen LogP contribution in [0.3, 0.4) is 0 Å². The summed E-state index contributed by atoms with van der Waals surface area (Å²) in [5.41, 5.74) is 6.46. The first-order valence-electron chi connectivity index (χ1n) is 8.24. The summed E-state index contributed by atoms with van der Waals surface area (Å²) in [5, 5.41) is 0. The van der Waals surface area contributed by atoms with Gasteiger partial charge in [-0.25, -0.2) is 4.79 Å². The fourth-order valence-electron chi connectivity index (χ4n) is 2.67. The van der Waals surface area contributed by atoms with Gasteiger partial charge in [0.25, 0.3) is 0 Å². The number of carbonyl (C=O) groups excluding carboxylic acids is 2. The molecule has 0 aliphatic carbocycles. The molecule has 24 heavy (non-hydrogen) atoms. The number of rotatable bonds is 3. The number of esters is 1. The number of benzene rings is 1. The van der Waals surface area contributed by atoms with E-state index in [1.807, 2.05) is 51.1 Å². The Morgan fingerprint density at radius 2 is 1.92 bits per heavy atom. The molecule has 0 radical (unpaired) electrons. The van der Waals surface area contributed by atoms with Gasteiger partial charge < -0.3 is 15.2 Å². The zero-order valence-corrected chi connectivity index (χ0v) is 14.5. The summed E-state index contributed by atoms with van der Waals surface area (Å²) < 4.78 is 10.7. The van der Waals surface area contributed by atoms with Gasteiger partial charge in [0.2, 0.25) is 0 Å². The van der Waals surface area contributed by atoms with Gasteiger partial charge in [0.1, 0.15) is 12.2 Å². The molecule has 0 bridgehead atoms. The molecule has 1 amide bonds. The van der Waals surface area contributed by atoms with Crippen molar-refractivity contribution in [1.29, 1.82) is 0 Å². The Hall–Kier alpha value is -2.08. The summed E-state index contributed by atoms with van der Waals surface area (Å²) in [7, 11) is 0. The van der Waals surface area contributed by atoms with Crippen molar-refractivity contribution in [2.45, 2.75) is 52.0 Å². The third kappa shape index (κ3) is 4.96. The smallest absolute Gasteiger partial charge is 0.411 e. The first kappa shape index (κ1) is 18.3. The monoisotopic (exact) mass is 334 g/mol. The average Bonchev–Trinajstić information content (AvgIpc) is 2.52. The fourth-order valence-corrected chi connectivity index (χ4v) is 2.67. The standard InChI is InChI=1S/C18H26N2O4/c1-18(2,3)24-16(21)14-10-7-11-20(15(14)19)17(22)23-12-13-8-5-4-6-9-13/h4-6,8-9,14-15H,7,10-12,19H2,1-3H3/t14?,15-/m0/s1. The molecule has 0 aromatic heterocycles. The highest BCUT2D eigenvalue weighted by molar-refractivity contribution is 5.76. The minimum atomic E-state index is -0.725. The highest BCUT2D eigenvalue weighted by Crippen LogP contribution is 2.24. The van der Waals surface area contributed by atoms with Crippen LogP contribution in [0.1, 0.15) is 39.2 Å². The van der Waals surface area contributed by atoms with E-state index in [-0.39, 0.29) is 12.6 Å². The second-order valence-electron chi connectivity index (χ2n) is 7.01. The summed E-state index contributed by atoms with van der Waals surface area (Å²) in [6.07, 6.45) is 0.0767. The van der Waals surface area contributed by atoms with Crippen molar-refractivity contribution >= 4 is 12.1 Å². The van der Waals surface area contributed by atoms with Gasteiger partial charge in [-0.1, -0.05) is 30.3 Å². The van der Waals surface area contributed by atoms with E-state index in [0.717, 1.165) is 5.56 Å². The van der Waals surface area contributed by atoms with Gasteiger partial charge >= 0.3 is 12.1 Å². The van der Waals surface area contributed by atoms with Gasteiger partial charge in [0.15, 0.2) is 0 Å². The molecular weight excluding hydrogens is 308 g/mol. The Morgan fingerprint density at radius 1 is 1.25 bits per heavy atom. The molecule has 1 fully saturated rings. The molecule has 2 N–H and O–H groups in total. The molecule has 1 aromatic rings. The number of piperidine rings is 1. The number of ether oxygens (including phenoxy) is 2. The molecule has 1 heterocycles. The van der Waals surface area contributed by atoms with Crippen LogP contribution < -0.4 is 5.73 Å². The number of carbonyl (C=O) groups is 2. The van der Waals surface area contributed by atoms with Crippen molar-refractivity contribution in [3.8, 4) is 0 Å². The molecule has 2 rings (SSSR count). The van der Waals surface area contributed by atoms with Gasteiger partial charge in [-0.3, -0.25) is 9.69 Å². The first-order chi connectivity index (χ1) is 11.3. The van der Waals surface area contributed by atoms with Crippen LogP contribution >= 0.6 is 0 Å². The SMILES string of the molecule is CC(C)(C)OC(=O)C1CCCN(C(=O)OCc2ccccc2)[C@@H]1N. The van der Waals surface area contributed by atoms with Crippen LogP contribution in [0.25, 0.3) is 0 Å². The summed E-state index contributed by atoms with van der Waals surface area (Å²) in [5.74, 6) is -0.891. The Bertz CT molecular complexity index is 568. The molecule has 1 aliphatic rings. The van der Waals surface area contributed by atoms with Crippen molar-refractivity contribution in [2.24, 2.45) is 11.7 Å². The normalized spacial score (nSPS) is 21.2. The highest BCUT2D eigenvalue weighted by atomic mass is 16.6. The number of nitrogens with two attached hydrogens (primary N) is 1. The van der Waals surface area contributed by atoms with Crippen molar-refractivity contribution < 1.29 is 19.1 Å². The van der Waals surface area contributed by atoms with Crippen LogP contribution in [0.2, 0.25) is 0 Å². The van der Waals surface area contributed by atoms with E-state index in [4.69, 9.17) is 15.2 Å². The summed E-state index contributed by atoms with van der Waals surface area (Å²) in [6, 6.07) is 9.43. The molecule has 0 spiro atoms. The number of amides is 1.